The number of hydrogen-bond acceptors (Lipinski definition) is 2. The summed E-state index contributed by atoms with van der Waals surface area (Å²) >= 11 is 0. The van der Waals surface area contributed by atoms with Crippen LogP contribution in [0.15, 0.2) is 0 Å². The first kappa shape index (κ1) is 8.53. The second-order valence-electron chi connectivity index (χ2n) is 3.05. The zero-order chi connectivity index (χ0) is 8.10. The molecule has 0 aliphatic carbocycles. The van der Waals surface area contributed by atoms with Crippen LogP contribution in [0.3, 0.4) is 0 Å². The molecule has 1 rings (SSSR count). The van der Waals surface area contributed by atoms with E-state index in [1.165, 1.54) is 0 Å². The van der Waals surface area contributed by atoms with Gasteiger partial charge in [0.2, 0.25) is 5.91 Å². The van der Waals surface area contributed by atoms with Crippen molar-refractivity contribution in [3.63, 3.8) is 0 Å². The van der Waals surface area contributed by atoms with E-state index in [9.17, 15) is 4.79 Å². The highest BCUT2D eigenvalue weighted by Gasteiger charge is 2.13. The number of aliphatic hydroxyl groups excluding tert-OH is 1. The number of rotatable bonds is 1. The minimum absolute atomic E-state index is 0.00259. The second kappa shape index (κ2) is 4.34. The van der Waals surface area contributed by atoms with Crippen molar-refractivity contribution in [2.75, 3.05) is 6.61 Å². The van der Waals surface area contributed by atoms with E-state index < -0.39 is 0 Å². The molecule has 1 atom stereocenters. The average molecular weight is 157 g/mol. The Morgan fingerprint density at radius 1 is 1.45 bits per heavy atom. The summed E-state index contributed by atoms with van der Waals surface area (Å²) in [5.41, 5.74) is 0. The Bertz CT molecular complexity index is 136. The maximum absolute atomic E-state index is 11.0. The number of hydrogen-bond donors (Lipinski definition) is 2. The molecule has 0 bridgehead atoms. The van der Waals surface area contributed by atoms with Crippen LogP contribution in [0.25, 0.3) is 0 Å². The minimum Gasteiger partial charge on any atom is -0.394 e. The molecule has 1 aliphatic rings. The monoisotopic (exact) mass is 157 g/mol. The molecule has 1 heterocycles. The van der Waals surface area contributed by atoms with E-state index in [-0.39, 0.29) is 18.6 Å². The van der Waals surface area contributed by atoms with Crippen LogP contribution in [0.4, 0.5) is 0 Å². The van der Waals surface area contributed by atoms with E-state index >= 15 is 0 Å². The van der Waals surface area contributed by atoms with Crippen LogP contribution >= 0.6 is 0 Å². The molecule has 3 nitrogen and oxygen atoms in total. The number of aliphatic hydroxyl groups is 1. The van der Waals surface area contributed by atoms with Gasteiger partial charge < -0.3 is 10.4 Å². The van der Waals surface area contributed by atoms with Gasteiger partial charge >= 0.3 is 0 Å². The lowest BCUT2D eigenvalue weighted by Gasteiger charge is -2.18. The number of carbonyl (C=O) groups is 1. The first-order chi connectivity index (χ1) is 5.33. The second-order valence-corrected chi connectivity index (χ2v) is 3.05. The Balaban J connectivity index is 2.35. The summed E-state index contributed by atoms with van der Waals surface area (Å²) in [5, 5.41) is 11.6. The van der Waals surface area contributed by atoms with Crippen molar-refractivity contribution in [2.24, 2.45) is 0 Å². The first-order valence-electron chi connectivity index (χ1n) is 4.23. The fourth-order valence-corrected chi connectivity index (χ4v) is 1.36. The van der Waals surface area contributed by atoms with Crippen molar-refractivity contribution in [3.8, 4) is 0 Å². The Hall–Kier alpha value is -0.570. The molecule has 1 saturated heterocycles. The molecular weight excluding hydrogens is 142 g/mol. The van der Waals surface area contributed by atoms with Gasteiger partial charge in [0.15, 0.2) is 0 Å². The molecular formula is C8H15NO2. The lowest BCUT2D eigenvalue weighted by Crippen LogP contribution is -2.38. The number of nitrogens with one attached hydrogen (secondary N) is 1. The maximum Gasteiger partial charge on any atom is 0.220 e. The molecule has 1 aliphatic heterocycles. The van der Waals surface area contributed by atoms with Crippen LogP contribution in [0.2, 0.25) is 0 Å². The highest BCUT2D eigenvalue weighted by molar-refractivity contribution is 5.76. The molecule has 0 radical (unpaired) electrons. The van der Waals surface area contributed by atoms with Crippen LogP contribution in [-0.4, -0.2) is 23.7 Å². The maximum atomic E-state index is 11.0. The zero-order valence-electron chi connectivity index (χ0n) is 6.68. The molecule has 2 N–H and O–H groups in total. The van der Waals surface area contributed by atoms with E-state index in [0.29, 0.717) is 6.42 Å². The molecule has 1 fully saturated rings. The molecule has 64 valence electrons. The fraction of sp³-hybridized carbons (Fsp3) is 0.875. The standard InChI is InChI=1S/C8H15NO2/c10-6-7-4-2-1-3-5-8(11)9-7/h7,10H,1-6H2,(H,9,11)/t7-/m1/s1. The summed E-state index contributed by atoms with van der Waals surface area (Å²) in [5.74, 6) is 0.0868. The normalized spacial score (nSPS) is 27.0. The van der Waals surface area contributed by atoms with Gasteiger partial charge in [0, 0.05) is 6.42 Å². The van der Waals surface area contributed by atoms with Crippen molar-refractivity contribution < 1.29 is 9.90 Å². The van der Waals surface area contributed by atoms with Crippen LogP contribution in [0.5, 0.6) is 0 Å². The molecule has 0 aromatic heterocycles. The molecule has 0 aromatic carbocycles. The number of amides is 1. The molecule has 0 saturated carbocycles. The Morgan fingerprint density at radius 2 is 2.27 bits per heavy atom. The number of carbonyl (C=O) groups excluding carboxylic acids is 1. The third-order valence-electron chi connectivity index (χ3n) is 2.04. The van der Waals surface area contributed by atoms with Gasteiger partial charge in [-0.2, -0.15) is 0 Å². The van der Waals surface area contributed by atoms with Crippen LogP contribution in [0.1, 0.15) is 32.1 Å². The van der Waals surface area contributed by atoms with Crippen LogP contribution in [-0.2, 0) is 4.79 Å². The lowest BCUT2D eigenvalue weighted by atomic mass is 10.0. The smallest absolute Gasteiger partial charge is 0.220 e. The summed E-state index contributed by atoms with van der Waals surface area (Å²) in [6, 6.07) is 0.00259. The van der Waals surface area contributed by atoms with Gasteiger partial charge in [-0.1, -0.05) is 12.8 Å². The third-order valence-corrected chi connectivity index (χ3v) is 2.04. The van der Waals surface area contributed by atoms with Crippen molar-refractivity contribution >= 4 is 5.91 Å². The molecule has 1 amide bonds. The van der Waals surface area contributed by atoms with Gasteiger partial charge in [-0.25, -0.2) is 0 Å². The summed E-state index contributed by atoms with van der Waals surface area (Å²) < 4.78 is 0. The summed E-state index contributed by atoms with van der Waals surface area (Å²) in [7, 11) is 0. The molecule has 0 unspecified atom stereocenters. The van der Waals surface area contributed by atoms with E-state index in [0.717, 1.165) is 25.7 Å². The topological polar surface area (TPSA) is 49.3 Å². The summed E-state index contributed by atoms with van der Waals surface area (Å²) in [6.07, 6.45) is 4.76. The van der Waals surface area contributed by atoms with Gasteiger partial charge in [-0.05, 0) is 12.8 Å². The third kappa shape index (κ3) is 2.89. The van der Waals surface area contributed by atoms with Gasteiger partial charge in [0.25, 0.3) is 0 Å². The largest absolute Gasteiger partial charge is 0.394 e. The van der Waals surface area contributed by atoms with Gasteiger partial charge in [-0.3, -0.25) is 4.79 Å². The highest BCUT2D eigenvalue weighted by Crippen LogP contribution is 2.09. The summed E-state index contributed by atoms with van der Waals surface area (Å²) in [4.78, 5) is 11.0. The zero-order valence-corrected chi connectivity index (χ0v) is 6.68. The minimum atomic E-state index is 0.00259. The molecule has 11 heavy (non-hydrogen) atoms. The van der Waals surface area contributed by atoms with Gasteiger partial charge in [0.05, 0.1) is 12.6 Å². The van der Waals surface area contributed by atoms with E-state index in [4.69, 9.17) is 5.11 Å². The summed E-state index contributed by atoms with van der Waals surface area (Å²) in [6.45, 7) is 0.0751. The van der Waals surface area contributed by atoms with Crippen LogP contribution < -0.4 is 5.32 Å². The van der Waals surface area contributed by atoms with Crippen molar-refractivity contribution in [1.29, 1.82) is 0 Å². The van der Waals surface area contributed by atoms with Crippen molar-refractivity contribution in [2.45, 2.75) is 38.1 Å². The Labute approximate surface area is 66.8 Å². The Morgan fingerprint density at radius 3 is 3.00 bits per heavy atom. The SMILES string of the molecule is O=C1CCCCC[C@H](CO)N1. The lowest BCUT2D eigenvalue weighted by molar-refractivity contribution is -0.122. The van der Waals surface area contributed by atoms with E-state index in [1.54, 1.807) is 0 Å². The van der Waals surface area contributed by atoms with E-state index in [1.807, 2.05) is 0 Å². The highest BCUT2D eigenvalue weighted by atomic mass is 16.3. The molecule has 0 aromatic rings. The van der Waals surface area contributed by atoms with Crippen molar-refractivity contribution in [1.82, 2.24) is 5.32 Å². The quantitative estimate of drug-likeness (QED) is 0.580. The fourth-order valence-electron chi connectivity index (χ4n) is 1.36. The Kier molecular flexibility index (Phi) is 3.36. The average Bonchev–Trinajstić information content (AvgIpc) is 1.96. The predicted molar refractivity (Wildman–Crippen MR) is 42.1 cm³/mol. The first-order valence-corrected chi connectivity index (χ1v) is 4.23. The van der Waals surface area contributed by atoms with Crippen molar-refractivity contribution in [3.05, 3.63) is 0 Å². The molecule has 0 spiro atoms. The van der Waals surface area contributed by atoms with Crippen LogP contribution in [0, 0.1) is 0 Å². The van der Waals surface area contributed by atoms with Gasteiger partial charge in [0.1, 0.15) is 0 Å². The molecule has 3 heteroatoms. The van der Waals surface area contributed by atoms with Gasteiger partial charge in [-0.15, -0.1) is 0 Å². The predicted octanol–water partition coefficient (Wildman–Crippen LogP) is 0.428. The van der Waals surface area contributed by atoms with E-state index in [2.05, 4.69) is 5.32 Å².